The van der Waals surface area contributed by atoms with Crippen molar-refractivity contribution in [3.05, 3.63) is 29.8 Å². The molecule has 0 saturated heterocycles. The lowest BCUT2D eigenvalue weighted by Gasteiger charge is -2.11. The molecule has 0 spiro atoms. The highest BCUT2D eigenvalue weighted by Gasteiger charge is 2.18. The van der Waals surface area contributed by atoms with Gasteiger partial charge in [0.05, 0.1) is 5.75 Å². The van der Waals surface area contributed by atoms with Crippen LogP contribution < -0.4 is 16.0 Å². The predicted octanol–water partition coefficient (Wildman–Crippen LogP) is 3.70. The zero-order chi connectivity index (χ0) is 19.1. The lowest BCUT2D eigenvalue weighted by Crippen LogP contribution is -2.44. The van der Waals surface area contributed by atoms with Gasteiger partial charge in [0.1, 0.15) is 0 Å². The van der Waals surface area contributed by atoms with Crippen molar-refractivity contribution in [3.63, 3.8) is 0 Å². The molecule has 1 aliphatic rings. The largest absolute Gasteiger partial charge is 0.335 e. The van der Waals surface area contributed by atoms with Crippen LogP contribution in [-0.4, -0.2) is 33.9 Å². The Bertz CT molecular complexity index is 772. The Balaban J connectivity index is 1.41. The Kier molecular flexibility index (Phi) is 7.05. The number of nitrogens with zero attached hydrogens (tertiary/aromatic N) is 2. The van der Waals surface area contributed by atoms with Gasteiger partial charge in [-0.2, -0.15) is 0 Å². The van der Waals surface area contributed by atoms with E-state index in [-0.39, 0.29) is 17.7 Å². The summed E-state index contributed by atoms with van der Waals surface area (Å²) < 4.78 is 0.675. The predicted molar refractivity (Wildman–Crippen MR) is 109 cm³/mol. The van der Waals surface area contributed by atoms with Gasteiger partial charge in [0.2, 0.25) is 11.0 Å². The Hall–Kier alpha value is -2.13. The zero-order valence-electron chi connectivity index (χ0n) is 15.2. The molecular weight excluding hydrogens is 382 g/mol. The van der Waals surface area contributed by atoms with Gasteiger partial charge >= 0.3 is 6.03 Å². The van der Waals surface area contributed by atoms with Crippen LogP contribution in [0.5, 0.6) is 0 Å². The average Bonchev–Trinajstić information content (AvgIpc) is 3.32. The van der Waals surface area contributed by atoms with E-state index in [9.17, 15) is 9.59 Å². The first kappa shape index (κ1) is 19.6. The van der Waals surface area contributed by atoms with Crippen LogP contribution in [0.25, 0.3) is 0 Å². The van der Waals surface area contributed by atoms with E-state index in [0.717, 1.165) is 37.8 Å². The monoisotopic (exact) mass is 405 g/mol. The topological polar surface area (TPSA) is 96.0 Å². The molecule has 27 heavy (non-hydrogen) atoms. The van der Waals surface area contributed by atoms with Crippen LogP contribution in [-0.2, 0) is 11.2 Å². The molecular formula is C18H23N5O2S2. The minimum absolute atomic E-state index is 0.123. The standard InChI is InChI=1S/C18H23N5O2S2/c1-2-12-7-9-14(10-8-12)20-17-22-23-18(27-17)26-11-15(24)21-16(25)19-13-5-3-4-6-13/h7-10,13H,2-6,11H2,1H3,(H,20,22)(H2,19,21,24,25). The first-order valence-corrected chi connectivity index (χ1v) is 10.8. The molecule has 1 fully saturated rings. The summed E-state index contributed by atoms with van der Waals surface area (Å²) in [5.74, 6) is -0.215. The van der Waals surface area contributed by atoms with Crippen LogP contribution in [0.15, 0.2) is 28.6 Å². The molecule has 0 aliphatic heterocycles. The zero-order valence-corrected chi connectivity index (χ0v) is 16.8. The van der Waals surface area contributed by atoms with Crippen molar-refractivity contribution in [2.45, 2.75) is 49.4 Å². The van der Waals surface area contributed by atoms with E-state index >= 15 is 0 Å². The number of hydrogen-bond donors (Lipinski definition) is 3. The Morgan fingerprint density at radius 1 is 1.19 bits per heavy atom. The van der Waals surface area contributed by atoms with Gasteiger partial charge < -0.3 is 10.6 Å². The molecule has 0 atom stereocenters. The number of rotatable bonds is 7. The van der Waals surface area contributed by atoms with Crippen molar-refractivity contribution in [1.29, 1.82) is 0 Å². The molecule has 3 N–H and O–H groups in total. The second-order valence-corrected chi connectivity index (χ2v) is 8.54. The fourth-order valence-electron chi connectivity index (χ4n) is 2.85. The number of aryl methyl sites for hydroxylation is 1. The van der Waals surface area contributed by atoms with Gasteiger partial charge in [-0.3, -0.25) is 10.1 Å². The molecule has 3 amide bonds. The molecule has 9 heteroatoms. The van der Waals surface area contributed by atoms with Gasteiger partial charge in [-0.25, -0.2) is 4.79 Å². The molecule has 1 aromatic carbocycles. The molecule has 1 saturated carbocycles. The number of hydrogen-bond acceptors (Lipinski definition) is 7. The summed E-state index contributed by atoms with van der Waals surface area (Å²) in [6.07, 6.45) is 5.23. The minimum atomic E-state index is -0.414. The van der Waals surface area contributed by atoms with Crippen LogP contribution in [0.1, 0.15) is 38.2 Å². The van der Waals surface area contributed by atoms with E-state index < -0.39 is 6.03 Å². The van der Waals surface area contributed by atoms with Crippen LogP contribution in [0.4, 0.5) is 15.6 Å². The number of thioether (sulfide) groups is 1. The highest BCUT2D eigenvalue weighted by Crippen LogP contribution is 2.27. The third kappa shape index (κ3) is 6.21. The van der Waals surface area contributed by atoms with Crippen LogP contribution in [0.3, 0.4) is 0 Å². The van der Waals surface area contributed by atoms with E-state index in [0.29, 0.717) is 9.47 Å². The summed E-state index contributed by atoms with van der Waals surface area (Å²) in [6, 6.07) is 7.92. The van der Waals surface area contributed by atoms with E-state index in [4.69, 9.17) is 0 Å². The Morgan fingerprint density at radius 3 is 2.63 bits per heavy atom. The van der Waals surface area contributed by atoms with Gasteiger partial charge in [-0.15, -0.1) is 10.2 Å². The van der Waals surface area contributed by atoms with Gasteiger partial charge in [0, 0.05) is 11.7 Å². The van der Waals surface area contributed by atoms with Crippen molar-refractivity contribution in [1.82, 2.24) is 20.8 Å². The number of carbonyl (C=O) groups excluding carboxylic acids is 2. The number of amides is 3. The third-order valence-corrected chi connectivity index (χ3v) is 6.26. The molecule has 0 bridgehead atoms. The summed E-state index contributed by atoms with van der Waals surface area (Å²) in [6.45, 7) is 2.12. The number of benzene rings is 1. The fraction of sp³-hybridized carbons (Fsp3) is 0.444. The quantitative estimate of drug-likeness (QED) is 0.608. The number of aromatic nitrogens is 2. The molecule has 0 radical (unpaired) electrons. The van der Waals surface area contributed by atoms with Gasteiger partial charge in [0.25, 0.3) is 0 Å². The van der Waals surface area contributed by atoms with Crippen molar-refractivity contribution < 1.29 is 9.59 Å². The SMILES string of the molecule is CCc1ccc(Nc2nnc(SCC(=O)NC(=O)NC3CCCC3)s2)cc1. The second-order valence-electron chi connectivity index (χ2n) is 6.34. The maximum absolute atomic E-state index is 11.9. The summed E-state index contributed by atoms with van der Waals surface area (Å²) in [7, 11) is 0. The van der Waals surface area contributed by atoms with Crippen molar-refractivity contribution in [3.8, 4) is 0 Å². The first-order chi connectivity index (χ1) is 13.1. The lowest BCUT2D eigenvalue weighted by atomic mass is 10.1. The molecule has 3 rings (SSSR count). The molecule has 2 aromatic rings. The second kappa shape index (κ2) is 9.70. The molecule has 7 nitrogen and oxygen atoms in total. The molecule has 0 unspecified atom stereocenters. The van der Waals surface area contributed by atoms with Crippen molar-refractivity contribution in [2.75, 3.05) is 11.1 Å². The summed E-state index contributed by atoms with van der Waals surface area (Å²) in [5.41, 5.74) is 2.22. The van der Waals surface area contributed by atoms with Crippen molar-refractivity contribution in [2.24, 2.45) is 0 Å². The van der Waals surface area contributed by atoms with E-state index in [1.807, 2.05) is 12.1 Å². The molecule has 1 heterocycles. The normalized spacial score (nSPS) is 14.1. The summed E-state index contributed by atoms with van der Waals surface area (Å²) in [4.78, 5) is 23.7. The van der Waals surface area contributed by atoms with Crippen LogP contribution in [0.2, 0.25) is 0 Å². The number of nitrogens with one attached hydrogen (secondary N) is 3. The molecule has 144 valence electrons. The fourth-order valence-corrected chi connectivity index (χ4v) is 4.42. The minimum Gasteiger partial charge on any atom is -0.335 e. The number of anilines is 2. The van der Waals surface area contributed by atoms with Crippen LogP contribution in [0, 0.1) is 0 Å². The maximum atomic E-state index is 11.9. The van der Waals surface area contributed by atoms with E-state index in [1.54, 1.807) is 0 Å². The number of imide groups is 1. The van der Waals surface area contributed by atoms with Gasteiger partial charge in [0.15, 0.2) is 4.34 Å². The average molecular weight is 406 g/mol. The van der Waals surface area contributed by atoms with E-state index in [2.05, 4.69) is 45.2 Å². The van der Waals surface area contributed by atoms with Crippen LogP contribution >= 0.6 is 23.1 Å². The number of carbonyl (C=O) groups is 2. The highest BCUT2D eigenvalue weighted by atomic mass is 32.2. The van der Waals surface area contributed by atoms with E-state index in [1.165, 1.54) is 28.7 Å². The third-order valence-electron chi connectivity index (χ3n) is 4.29. The summed E-state index contributed by atoms with van der Waals surface area (Å²) >= 11 is 2.64. The molecule has 1 aromatic heterocycles. The molecule has 1 aliphatic carbocycles. The lowest BCUT2D eigenvalue weighted by molar-refractivity contribution is -0.117. The first-order valence-electron chi connectivity index (χ1n) is 9.05. The van der Waals surface area contributed by atoms with Gasteiger partial charge in [-0.1, -0.05) is 55.0 Å². The Labute approximate surface area is 166 Å². The summed E-state index contributed by atoms with van der Waals surface area (Å²) in [5, 5.41) is 17.2. The van der Waals surface area contributed by atoms with Gasteiger partial charge in [-0.05, 0) is 37.0 Å². The van der Waals surface area contributed by atoms with Crippen molar-refractivity contribution >= 4 is 45.9 Å². The maximum Gasteiger partial charge on any atom is 0.321 e. The Morgan fingerprint density at radius 2 is 1.93 bits per heavy atom. The number of urea groups is 1. The highest BCUT2D eigenvalue weighted by molar-refractivity contribution is 8.01. The smallest absolute Gasteiger partial charge is 0.321 e.